The maximum Gasteiger partial charge on any atom is 0.264 e. The van der Waals surface area contributed by atoms with E-state index in [0.717, 1.165) is 10.8 Å². The van der Waals surface area contributed by atoms with Crippen molar-refractivity contribution >= 4 is 34.0 Å². The Balaban J connectivity index is 0.00000392. The lowest BCUT2D eigenvalue weighted by atomic mass is 10.2. The lowest BCUT2D eigenvalue weighted by molar-refractivity contribution is 0.0954. The fourth-order valence-electron chi connectivity index (χ4n) is 2.50. The van der Waals surface area contributed by atoms with Crippen molar-refractivity contribution in [3.05, 3.63) is 54.1 Å². The number of nitrogens with zero attached hydrogens (tertiary/aromatic N) is 1. The van der Waals surface area contributed by atoms with Gasteiger partial charge in [0.25, 0.3) is 15.9 Å². The second-order valence-corrected chi connectivity index (χ2v) is 7.75. The topological polar surface area (TPSA) is 87.7 Å². The Morgan fingerprint density at radius 3 is 2.32 bits per heavy atom. The molecular formula is C19H26ClN3O4S. The van der Waals surface area contributed by atoms with Crippen molar-refractivity contribution < 1.29 is 17.9 Å². The Kier molecular flexibility index (Phi) is 9.24. The molecule has 0 aromatic heterocycles. The van der Waals surface area contributed by atoms with Crippen molar-refractivity contribution in [2.45, 2.75) is 11.8 Å². The van der Waals surface area contributed by atoms with E-state index in [1.807, 2.05) is 6.92 Å². The number of hydrogen-bond acceptors (Lipinski definition) is 5. The van der Waals surface area contributed by atoms with Crippen molar-refractivity contribution in [3.63, 3.8) is 0 Å². The number of ether oxygens (including phenoxy) is 1. The molecule has 2 aromatic rings. The Hall–Kier alpha value is -2.29. The lowest BCUT2D eigenvalue weighted by Crippen LogP contribution is -2.31. The highest BCUT2D eigenvalue weighted by molar-refractivity contribution is 7.92. The molecule has 2 rings (SSSR count). The third-order valence-corrected chi connectivity index (χ3v) is 5.82. The van der Waals surface area contributed by atoms with Crippen LogP contribution in [0.15, 0.2) is 53.4 Å². The zero-order chi connectivity index (χ0) is 19.9. The van der Waals surface area contributed by atoms with Crippen LogP contribution in [0, 0.1) is 0 Å². The van der Waals surface area contributed by atoms with Gasteiger partial charge in [-0.25, -0.2) is 8.42 Å². The molecule has 28 heavy (non-hydrogen) atoms. The summed E-state index contributed by atoms with van der Waals surface area (Å²) in [6.07, 6.45) is 0. The quantitative estimate of drug-likeness (QED) is 0.599. The van der Waals surface area contributed by atoms with E-state index >= 15 is 0 Å². The Morgan fingerprint density at radius 1 is 1.07 bits per heavy atom. The molecule has 0 unspecified atom stereocenters. The first kappa shape index (κ1) is 23.7. The first-order valence-electron chi connectivity index (χ1n) is 8.62. The van der Waals surface area contributed by atoms with Gasteiger partial charge >= 0.3 is 0 Å². The van der Waals surface area contributed by atoms with Gasteiger partial charge in [-0.2, -0.15) is 0 Å². The molecule has 0 aliphatic heterocycles. The molecule has 0 saturated heterocycles. The van der Waals surface area contributed by atoms with E-state index in [1.165, 1.54) is 38.4 Å². The van der Waals surface area contributed by atoms with Gasteiger partial charge in [0.2, 0.25) is 0 Å². The molecule has 0 aliphatic rings. The normalized spacial score (nSPS) is 10.7. The summed E-state index contributed by atoms with van der Waals surface area (Å²) in [6.45, 7) is 4.01. The number of para-hydroxylation sites is 2. The third kappa shape index (κ3) is 5.60. The van der Waals surface area contributed by atoms with E-state index in [4.69, 9.17) is 4.74 Å². The molecule has 0 saturated carbocycles. The second-order valence-electron chi connectivity index (χ2n) is 5.78. The van der Waals surface area contributed by atoms with Crippen LogP contribution in [-0.4, -0.2) is 48.1 Å². The number of methoxy groups -OCH3 is 1. The third-order valence-electron chi connectivity index (χ3n) is 4.04. The Bertz CT molecular complexity index is 873. The van der Waals surface area contributed by atoms with Crippen LogP contribution in [0.2, 0.25) is 0 Å². The van der Waals surface area contributed by atoms with Gasteiger partial charge in [0.15, 0.2) is 0 Å². The summed E-state index contributed by atoms with van der Waals surface area (Å²) < 4.78 is 32.2. The predicted molar refractivity (Wildman–Crippen MR) is 113 cm³/mol. The smallest absolute Gasteiger partial charge is 0.264 e. The summed E-state index contributed by atoms with van der Waals surface area (Å²) in [5.74, 6) is 0.218. The van der Waals surface area contributed by atoms with Crippen LogP contribution >= 0.6 is 12.4 Å². The van der Waals surface area contributed by atoms with Gasteiger partial charge in [0.1, 0.15) is 5.75 Å². The van der Waals surface area contributed by atoms with Gasteiger partial charge in [-0.05, 0) is 42.9 Å². The minimum Gasteiger partial charge on any atom is -0.495 e. The second kappa shape index (κ2) is 10.9. The number of anilines is 1. The number of hydrogen-bond donors (Lipinski definition) is 2. The summed E-state index contributed by atoms with van der Waals surface area (Å²) >= 11 is 0. The van der Waals surface area contributed by atoms with Gasteiger partial charge in [-0.3, -0.25) is 9.10 Å². The van der Waals surface area contributed by atoms with Gasteiger partial charge < -0.3 is 15.4 Å². The molecule has 7 nitrogen and oxygen atoms in total. The monoisotopic (exact) mass is 427 g/mol. The number of sulfonamides is 1. The van der Waals surface area contributed by atoms with Crippen LogP contribution in [0.5, 0.6) is 5.75 Å². The summed E-state index contributed by atoms with van der Waals surface area (Å²) in [4.78, 5) is 12.2. The van der Waals surface area contributed by atoms with Gasteiger partial charge in [0, 0.05) is 25.7 Å². The average molecular weight is 428 g/mol. The summed E-state index contributed by atoms with van der Waals surface area (Å²) in [6, 6.07) is 12.7. The van der Waals surface area contributed by atoms with E-state index in [9.17, 15) is 13.2 Å². The summed E-state index contributed by atoms with van der Waals surface area (Å²) in [5, 5.41) is 5.89. The van der Waals surface area contributed by atoms with Crippen molar-refractivity contribution in [1.82, 2.24) is 10.6 Å². The average Bonchev–Trinajstić information content (AvgIpc) is 2.70. The molecule has 1 amide bonds. The number of amides is 1. The molecule has 0 aliphatic carbocycles. The molecular weight excluding hydrogens is 402 g/mol. The fourth-order valence-corrected chi connectivity index (χ4v) is 3.71. The molecule has 0 heterocycles. The fraction of sp³-hybridized carbons (Fsp3) is 0.316. The Labute approximate surface area is 172 Å². The van der Waals surface area contributed by atoms with Crippen LogP contribution in [-0.2, 0) is 10.0 Å². The molecule has 0 radical (unpaired) electrons. The van der Waals surface area contributed by atoms with Crippen LogP contribution in [0.4, 0.5) is 5.69 Å². The van der Waals surface area contributed by atoms with Crippen molar-refractivity contribution in [2.24, 2.45) is 0 Å². The van der Waals surface area contributed by atoms with E-state index < -0.39 is 10.0 Å². The number of likely N-dealkylation sites (N-methyl/N-ethyl adjacent to an activating group) is 1. The van der Waals surface area contributed by atoms with E-state index in [2.05, 4.69) is 10.6 Å². The highest BCUT2D eigenvalue weighted by atomic mass is 35.5. The minimum absolute atomic E-state index is 0. The van der Waals surface area contributed by atoms with Crippen LogP contribution in [0.1, 0.15) is 17.3 Å². The molecule has 154 valence electrons. The number of nitrogens with one attached hydrogen (secondary N) is 2. The van der Waals surface area contributed by atoms with Gasteiger partial charge in [0.05, 0.1) is 17.7 Å². The van der Waals surface area contributed by atoms with Crippen molar-refractivity contribution in [2.75, 3.05) is 38.1 Å². The molecule has 0 spiro atoms. The van der Waals surface area contributed by atoms with Gasteiger partial charge in [-0.15, -0.1) is 12.4 Å². The number of rotatable bonds is 9. The first-order valence-corrected chi connectivity index (χ1v) is 10.1. The predicted octanol–water partition coefficient (Wildman–Crippen LogP) is 2.28. The zero-order valence-corrected chi connectivity index (χ0v) is 17.8. The van der Waals surface area contributed by atoms with Crippen LogP contribution in [0.3, 0.4) is 0 Å². The summed E-state index contributed by atoms with van der Waals surface area (Å²) in [5.41, 5.74) is 0.843. The highest BCUT2D eigenvalue weighted by Gasteiger charge is 2.23. The van der Waals surface area contributed by atoms with Crippen LogP contribution < -0.4 is 19.7 Å². The molecule has 0 atom stereocenters. The maximum absolute atomic E-state index is 12.9. The minimum atomic E-state index is -3.78. The lowest BCUT2D eigenvalue weighted by Gasteiger charge is -2.21. The number of halogens is 1. The zero-order valence-electron chi connectivity index (χ0n) is 16.1. The molecule has 2 aromatic carbocycles. The number of carbonyl (C=O) groups is 1. The highest BCUT2D eigenvalue weighted by Crippen LogP contribution is 2.30. The molecule has 0 fully saturated rings. The SMILES string of the molecule is CCNCCNC(=O)c1ccc(S(=O)(=O)N(C)c2ccccc2OC)cc1.Cl. The van der Waals surface area contributed by atoms with E-state index in [-0.39, 0.29) is 23.2 Å². The number of carbonyl (C=O) groups excluding carboxylic acids is 1. The molecule has 0 bridgehead atoms. The van der Waals surface area contributed by atoms with Crippen molar-refractivity contribution in [3.8, 4) is 5.75 Å². The number of benzene rings is 2. The molecule has 2 N–H and O–H groups in total. The Morgan fingerprint density at radius 2 is 1.71 bits per heavy atom. The standard InChI is InChI=1S/C19H25N3O4S.ClH/c1-4-20-13-14-21-19(23)15-9-11-16(12-10-15)27(24,25)22(2)17-7-5-6-8-18(17)26-3;/h5-12,20H,4,13-14H2,1-3H3,(H,21,23);1H. The van der Waals surface area contributed by atoms with Crippen molar-refractivity contribution in [1.29, 1.82) is 0 Å². The molecule has 9 heteroatoms. The largest absolute Gasteiger partial charge is 0.495 e. The maximum atomic E-state index is 12.9. The summed E-state index contributed by atoms with van der Waals surface area (Å²) in [7, 11) is -0.824. The van der Waals surface area contributed by atoms with E-state index in [1.54, 1.807) is 24.3 Å². The first-order chi connectivity index (χ1) is 12.9. The van der Waals surface area contributed by atoms with Crippen LogP contribution in [0.25, 0.3) is 0 Å². The van der Waals surface area contributed by atoms with E-state index in [0.29, 0.717) is 30.1 Å². The van der Waals surface area contributed by atoms with Gasteiger partial charge in [-0.1, -0.05) is 19.1 Å².